The van der Waals surface area contributed by atoms with E-state index in [4.69, 9.17) is 9.47 Å². The molecule has 4 nitrogen and oxygen atoms in total. The largest absolute Gasteiger partial charge is 0.427 e. The van der Waals surface area contributed by atoms with Crippen molar-refractivity contribution in [2.45, 2.75) is 124 Å². The van der Waals surface area contributed by atoms with Crippen molar-refractivity contribution in [3.63, 3.8) is 0 Å². The Morgan fingerprint density at radius 3 is 1.61 bits per heavy atom. The summed E-state index contributed by atoms with van der Waals surface area (Å²) in [5, 5.41) is 0. The Labute approximate surface area is 276 Å². The van der Waals surface area contributed by atoms with E-state index < -0.39 is 0 Å². The zero-order valence-electron chi connectivity index (χ0n) is 28.4. The van der Waals surface area contributed by atoms with Gasteiger partial charge in [0, 0.05) is 6.42 Å². The Morgan fingerprint density at radius 2 is 1.11 bits per heavy atom. The molecular weight excluding hydrogens is 582 g/mol. The summed E-state index contributed by atoms with van der Waals surface area (Å²) < 4.78 is 36.4. The smallest absolute Gasteiger partial charge is 0.314 e. The summed E-state index contributed by atoms with van der Waals surface area (Å²) in [5.41, 5.74) is 0. The van der Waals surface area contributed by atoms with Crippen LogP contribution in [-0.2, 0) is 9.59 Å². The van der Waals surface area contributed by atoms with Crippen molar-refractivity contribution in [2.24, 2.45) is 41.4 Å². The van der Waals surface area contributed by atoms with Crippen LogP contribution in [0.1, 0.15) is 124 Å². The number of carbonyl (C=O) groups is 2. The van der Waals surface area contributed by atoms with Crippen LogP contribution >= 0.6 is 0 Å². The Kier molecular flexibility index (Phi) is 14.5. The molecule has 254 valence electrons. The van der Waals surface area contributed by atoms with Crippen molar-refractivity contribution in [2.75, 3.05) is 0 Å². The van der Waals surface area contributed by atoms with E-state index in [-0.39, 0.29) is 29.5 Å². The lowest BCUT2D eigenvalue weighted by atomic mass is 9.69. The van der Waals surface area contributed by atoms with Crippen LogP contribution in [0.2, 0.25) is 0 Å². The number of esters is 2. The van der Waals surface area contributed by atoms with Crippen LogP contribution in [0.4, 0.5) is 8.78 Å². The van der Waals surface area contributed by atoms with Crippen LogP contribution in [0.5, 0.6) is 11.5 Å². The number of hydrogen-bond donors (Lipinski definition) is 0. The molecule has 0 spiro atoms. The first-order valence-corrected chi connectivity index (χ1v) is 18.1. The summed E-state index contributed by atoms with van der Waals surface area (Å²) in [4.78, 5) is 24.3. The summed E-state index contributed by atoms with van der Waals surface area (Å²) in [6.45, 7) is 6.92. The fourth-order valence-corrected chi connectivity index (χ4v) is 8.02. The van der Waals surface area contributed by atoms with Crippen LogP contribution in [0.15, 0.2) is 48.5 Å². The average Bonchev–Trinajstić information content (AvgIpc) is 3.06. The Hall–Kier alpha value is -2.76. The summed E-state index contributed by atoms with van der Waals surface area (Å²) in [6, 6.07) is 11.3. The van der Waals surface area contributed by atoms with Crippen LogP contribution in [0, 0.1) is 53.1 Å². The van der Waals surface area contributed by atoms with Crippen molar-refractivity contribution in [3.05, 3.63) is 60.2 Å². The molecule has 6 heteroatoms. The summed E-state index contributed by atoms with van der Waals surface area (Å²) in [6.07, 6.45) is 18.7. The SMILES string of the molecule is CC1CCC(C2CCC(C(=O)Oc3ccc(F)cc3)CC2)CC1.CCCC(CCC(=O)Oc1ccc(F)cc1)C1CCC(C)CC1. The average molecular weight is 639 g/mol. The molecule has 5 rings (SSSR count). The van der Waals surface area contributed by atoms with Gasteiger partial charge in [-0.2, -0.15) is 0 Å². The maximum Gasteiger partial charge on any atom is 0.314 e. The molecular formula is C40H56F2O4. The topological polar surface area (TPSA) is 52.6 Å². The van der Waals surface area contributed by atoms with E-state index in [1.165, 1.54) is 113 Å². The minimum atomic E-state index is -0.320. The number of ether oxygens (including phenoxy) is 2. The van der Waals surface area contributed by atoms with Crippen LogP contribution in [-0.4, -0.2) is 11.9 Å². The molecule has 0 saturated heterocycles. The molecule has 3 saturated carbocycles. The highest BCUT2D eigenvalue weighted by molar-refractivity contribution is 5.75. The summed E-state index contributed by atoms with van der Waals surface area (Å²) in [5.74, 6) is 4.73. The molecule has 0 N–H and O–H groups in total. The molecule has 0 heterocycles. The standard InChI is InChI=1S/C20H27FO2.C20H29FO2/c1-14-2-4-15(5-3-14)16-6-8-17(9-7-16)20(22)23-19-12-10-18(21)11-13-19;1-3-4-16(17-7-5-15(2)6-8-17)9-14-20(22)23-19-12-10-18(21)11-13-19/h10-17H,2-9H2,1H3;10-13,15-17H,3-9,14H2,1-2H3. The first-order chi connectivity index (χ1) is 22.2. The molecule has 2 aromatic rings. The highest BCUT2D eigenvalue weighted by Gasteiger charge is 2.33. The predicted molar refractivity (Wildman–Crippen MR) is 179 cm³/mol. The lowest BCUT2D eigenvalue weighted by Crippen LogP contribution is -2.29. The predicted octanol–water partition coefficient (Wildman–Crippen LogP) is 11.1. The lowest BCUT2D eigenvalue weighted by Gasteiger charge is -2.36. The van der Waals surface area contributed by atoms with Gasteiger partial charge < -0.3 is 9.47 Å². The van der Waals surface area contributed by atoms with Gasteiger partial charge in [0.2, 0.25) is 0 Å². The minimum absolute atomic E-state index is 0.0128. The van der Waals surface area contributed by atoms with Gasteiger partial charge in [0.25, 0.3) is 0 Å². The zero-order chi connectivity index (χ0) is 32.9. The molecule has 46 heavy (non-hydrogen) atoms. The molecule has 1 unspecified atom stereocenters. The molecule has 3 aliphatic carbocycles. The molecule has 0 bridgehead atoms. The summed E-state index contributed by atoms with van der Waals surface area (Å²) >= 11 is 0. The van der Waals surface area contributed by atoms with Gasteiger partial charge in [0.15, 0.2) is 0 Å². The molecule has 0 amide bonds. The highest BCUT2D eigenvalue weighted by atomic mass is 19.1. The van der Waals surface area contributed by atoms with Crippen molar-refractivity contribution < 1.29 is 27.8 Å². The summed E-state index contributed by atoms with van der Waals surface area (Å²) in [7, 11) is 0. The van der Waals surface area contributed by atoms with Gasteiger partial charge in [-0.1, -0.05) is 59.3 Å². The first kappa shape index (κ1) is 36.1. The van der Waals surface area contributed by atoms with Gasteiger partial charge >= 0.3 is 11.9 Å². The second-order valence-corrected chi connectivity index (χ2v) is 14.5. The monoisotopic (exact) mass is 638 g/mol. The second kappa shape index (κ2) is 18.5. The zero-order valence-corrected chi connectivity index (χ0v) is 28.4. The molecule has 0 aliphatic heterocycles. The Bertz CT molecular complexity index is 1170. The molecule has 2 aromatic carbocycles. The fourth-order valence-electron chi connectivity index (χ4n) is 8.02. The van der Waals surface area contributed by atoms with Gasteiger partial charge in [0.1, 0.15) is 23.1 Å². The number of carbonyl (C=O) groups excluding carboxylic acids is 2. The third-order valence-electron chi connectivity index (χ3n) is 11.0. The normalized spacial score (nSPS) is 27.1. The van der Waals surface area contributed by atoms with Gasteiger partial charge in [-0.25, -0.2) is 8.78 Å². The molecule has 0 radical (unpaired) electrons. The van der Waals surface area contributed by atoms with Crippen LogP contribution in [0.3, 0.4) is 0 Å². The Balaban J connectivity index is 0.000000209. The third-order valence-corrected chi connectivity index (χ3v) is 11.0. The van der Waals surface area contributed by atoms with Gasteiger partial charge in [-0.15, -0.1) is 0 Å². The van der Waals surface area contributed by atoms with Crippen molar-refractivity contribution in [3.8, 4) is 11.5 Å². The lowest BCUT2D eigenvalue weighted by molar-refractivity contribution is -0.140. The molecule has 0 aromatic heterocycles. The van der Waals surface area contributed by atoms with E-state index in [1.54, 1.807) is 0 Å². The molecule has 3 fully saturated rings. The molecule has 1 atom stereocenters. The maximum absolute atomic E-state index is 12.9. The fraction of sp³-hybridized carbons (Fsp3) is 0.650. The van der Waals surface area contributed by atoms with Crippen LogP contribution < -0.4 is 9.47 Å². The first-order valence-electron chi connectivity index (χ1n) is 18.1. The minimum Gasteiger partial charge on any atom is -0.427 e. The van der Waals surface area contributed by atoms with Crippen molar-refractivity contribution >= 4 is 11.9 Å². The second-order valence-electron chi connectivity index (χ2n) is 14.5. The number of halogens is 2. The van der Waals surface area contributed by atoms with Gasteiger partial charge in [-0.3, -0.25) is 9.59 Å². The van der Waals surface area contributed by atoms with Crippen LogP contribution in [0.25, 0.3) is 0 Å². The Morgan fingerprint density at radius 1 is 0.652 bits per heavy atom. The molecule has 3 aliphatic rings. The van der Waals surface area contributed by atoms with E-state index in [2.05, 4.69) is 20.8 Å². The highest BCUT2D eigenvalue weighted by Crippen LogP contribution is 2.41. The number of hydrogen-bond acceptors (Lipinski definition) is 4. The van der Waals surface area contributed by atoms with E-state index in [9.17, 15) is 18.4 Å². The van der Waals surface area contributed by atoms with E-state index in [1.807, 2.05) is 0 Å². The van der Waals surface area contributed by atoms with Crippen molar-refractivity contribution in [1.29, 1.82) is 0 Å². The van der Waals surface area contributed by atoms with E-state index in [0.717, 1.165) is 61.7 Å². The van der Waals surface area contributed by atoms with Gasteiger partial charge in [-0.05, 0) is 142 Å². The number of benzene rings is 2. The van der Waals surface area contributed by atoms with Crippen molar-refractivity contribution in [1.82, 2.24) is 0 Å². The van der Waals surface area contributed by atoms with E-state index >= 15 is 0 Å². The quantitative estimate of drug-likeness (QED) is 0.192. The third kappa shape index (κ3) is 11.8. The van der Waals surface area contributed by atoms with E-state index in [0.29, 0.717) is 23.8 Å². The van der Waals surface area contributed by atoms with Gasteiger partial charge in [0.05, 0.1) is 5.92 Å². The maximum atomic E-state index is 12.9. The number of rotatable bonds is 10.